The van der Waals surface area contributed by atoms with Crippen molar-refractivity contribution in [3.63, 3.8) is 0 Å². The van der Waals surface area contributed by atoms with Gasteiger partial charge in [0, 0.05) is 16.8 Å². The number of fused-ring (bicyclic) bond motifs is 1. The first-order chi connectivity index (χ1) is 12.4. The number of aromatic amines is 1. The monoisotopic (exact) mass is 350 g/mol. The first-order valence-electron chi connectivity index (χ1n) is 8.50. The molecule has 3 rings (SSSR count). The molecular weight excluding hydrogens is 328 g/mol. The number of aromatic nitrogens is 1. The lowest BCUT2D eigenvalue weighted by molar-refractivity contribution is 0.0599. The maximum atomic E-state index is 12.9. The first-order valence-corrected chi connectivity index (χ1v) is 8.50. The van der Waals surface area contributed by atoms with Crippen LogP contribution < -0.4 is 5.32 Å². The molecule has 1 heterocycles. The average molecular weight is 350 g/mol. The summed E-state index contributed by atoms with van der Waals surface area (Å²) in [5, 5.41) is 5.46. The smallest absolute Gasteiger partial charge is 0.339 e. The Morgan fingerprint density at radius 2 is 1.77 bits per heavy atom. The van der Waals surface area contributed by atoms with Crippen LogP contribution in [0.3, 0.4) is 0 Å². The van der Waals surface area contributed by atoms with Crippen LogP contribution in [-0.4, -0.2) is 29.9 Å². The number of hydrogen-bond donors (Lipinski definition) is 2. The van der Waals surface area contributed by atoms with Crippen molar-refractivity contribution in [2.24, 2.45) is 0 Å². The third-order valence-electron chi connectivity index (χ3n) is 4.63. The molecule has 2 aromatic carbocycles. The number of Topliss-reactive ketones (excluding diaryl/α,β-unsaturated/α-hetero) is 1. The highest BCUT2D eigenvalue weighted by Crippen LogP contribution is 2.25. The number of ketones is 1. The van der Waals surface area contributed by atoms with Gasteiger partial charge >= 0.3 is 5.97 Å². The fraction of sp³-hybridized carbons (Fsp3) is 0.238. The van der Waals surface area contributed by atoms with Crippen molar-refractivity contribution in [2.75, 3.05) is 12.4 Å². The summed E-state index contributed by atoms with van der Waals surface area (Å²) in [6.45, 7) is 5.34. The summed E-state index contributed by atoms with van der Waals surface area (Å²) in [5.41, 5.74) is 3.01. The van der Waals surface area contributed by atoms with E-state index in [1.165, 1.54) is 7.11 Å². The minimum absolute atomic E-state index is 0.103. The molecule has 2 N–H and O–H groups in total. The maximum Gasteiger partial charge on any atom is 0.339 e. The first kappa shape index (κ1) is 17.7. The maximum absolute atomic E-state index is 12.9. The van der Waals surface area contributed by atoms with Gasteiger partial charge in [-0.15, -0.1) is 0 Å². The van der Waals surface area contributed by atoms with Crippen LogP contribution in [0.2, 0.25) is 0 Å². The van der Waals surface area contributed by atoms with Crippen LogP contribution in [0.5, 0.6) is 0 Å². The Morgan fingerprint density at radius 1 is 1.08 bits per heavy atom. The summed E-state index contributed by atoms with van der Waals surface area (Å²) >= 11 is 0. The predicted octanol–water partition coefficient (Wildman–Crippen LogP) is 4.25. The molecule has 0 fully saturated rings. The zero-order valence-electron chi connectivity index (χ0n) is 15.3. The summed E-state index contributed by atoms with van der Waals surface area (Å²) < 4.78 is 4.81. The van der Waals surface area contributed by atoms with Crippen LogP contribution in [0.1, 0.15) is 39.0 Å². The number of aryl methyl sites for hydroxylation is 1. The zero-order valence-corrected chi connectivity index (χ0v) is 15.3. The quantitative estimate of drug-likeness (QED) is 0.533. The SMILES string of the molecule is COC(=O)c1c(C)[nH]c(C(=O)[C@@H](C)Nc2cccc3ccccc23)c1C. The molecule has 0 radical (unpaired) electrons. The summed E-state index contributed by atoms with van der Waals surface area (Å²) in [7, 11) is 1.33. The van der Waals surface area contributed by atoms with E-state index in [1.54, 1.807) is 13.8 Å². The number of anilines is 1. The lowest BCUT2D eigenvalue weighted by Gasteiger charge is -2.16. The highest BCUT2D eigenvalue weighted by molar-refractivity contribution is 6.05. The molecular formula is C21H22N2O3. The number of rotatable bonds is 5. The minimum Gasteiger partial charge on any atom is -0.465 e. The van der Waals surface area contributed by atoms with E-state index in [1.807, 2.05) is 49.4 Å². The molecule has 0 aliphatic rings. The van der Waals surface area contributed by atoms with Crippen LogP contribution in [0.4, 0.5) is 5.69 Å². The van der Waals surface area contributed by atoms with Gasteiger partial charge in [0.25, 0.3) is 0 Å². The molecule has 0 unspecified atom stereocenters. The Kier molecular flexibility index (Phi) is 4.80. The number of benzene rings is 2. The minimum atomic E-state index is -0.456. The fourth-order valence-corrected chi connectivity index (χ4v) is 3.27. The summed E-state index contributed by atoms with van der Waals surface area (Å²) in [4.78, 5) is 27.9. The predicted molar refractivity (Wildman–Crippen MR) is 103 cm³/mol. The van der Waals surface area contributed by atoms with Gasteiger partial charge in [-0.3, -0.25) is 4.79 Å². The van der Waals surface area contributed by atoms with Crippen molar-refractivity contribution in [3.05, 3.63) is 65.0 Å². The van der Waals surface area contributed by atoms with Crippen LogP contribution in [0.25, 0.3) is 10.8 Å². The molecule has 0 spiro atoms. The Hall–Kier alpha value is -3.08. The van der Waals surface area contributed by atoms with Crippen molar-refractivity contribution >= 4 is 28.2 Å². The molecule has 5 nitrogen and oxygen atoms in total. The van der Waals surface area contributed by atoms with Gasteiger partial charge in [0.15, 0.2) is 0 Å². The number of nitrogens with one attached hydrogen (secondary N) is 2. The number of carbonyl (C=O) groups excluding carboxylic acids is 2. The van der Waals surface area contributed by atoms with E-state index in [9.17, 15) is 9.59 Å². The number of esters is 1. The molecule has 3 aromatic rings. The number of ether oxygens (including phenoxy) is 1. The normalized spacial score (nSPS) is 12.0. The lowest BCUT2D eigenvalue weighted by atomic mass is 10.0. The molecule has 0 saturated carbocycles. The van der Waals surface area contributed by atoms with Gasteiger partial charge in [0.1, 0.15) is 0 Å². The Bertz CT molecular complexity index is 983. The number of hydrogen-bond acceptors (Lipinski definition) is 4. The number of methoxy groups -OCH3 is 1. The number of H-pyrrole nitrogens is 1. The lowest BCUT2D eigenvalue weighted by Crippen LogP contribution is -2.27. The molecule has 0 bridgehead atoms. The van der Waals surface area contributed by atoms with Gasteiger partial charge in [-0.25, -0.2) is 4.79 Å². The van der Waals surface area contributed by atoms with Crippen molar-refractivity contribution in [1.29, 1.82) is 0 Å². The van der Waals surface area contributed by atoms with Gasteiger partial charge in [-0.05, 0) is 37.8 Å². The number of carbonyl (C=O) groups is 2. The third kappa shape index (κ3) is 3.08. The largest absolute Gasteiger partial charge is 0.465 e. The van der Waals surface area contributed by atoms with Crippen molar-refractivity contribution in [2.45, 2.75) is 26.8 Å². The van der Waals surface area contributed by atoms with Crippen LogP contribution in [0, 0.1) is 13.8 Å². The Labute approximate surface area is 152 Å². The summed E-state index contributed by atoms with van der Waals surface area (Å²) in [6.07, 6.45) is 0. The van der Waals surface area contributed by atoms with Gasteiger partial charge in [0.05, 0.1) is 24.4 Å². The van der Waals surface area contributed by atoms with E-state index in [0.717, 1.165) is 16.5 Å². The molecule has 1 atom stereocenters. The van der Waals surface area contributed by atoms with Crippen molar-refractivity contribution < 1.29 is 14.3 Å². The highest BCUT2D eigenvalue weighted by atomic mass is 16.5. The van der Waals surface area contributed by atoms with E-state index < -0.39 is 12.0 Å². The average Bonchev–Trinajstić information content (AvgIpc) is 2.95. The van der Waals surface area contributed by atoms with Gasteiger partial charge < -0.3 is 15.0 Å². The van der Waals surface area contributed by atoms with Crippen LogP contribution in [-0.2, 0) is 4.74 Å². The molecule has 0 saturated heterocycles. The van der Waals surface area contributed by atoms with Crippen molar-refractivity contribution in [3.8, 4) is 0 Å². The Balaban J connectivity index is 1.90. The van der Waals surface area contributed by atoms with Gasteiger partial charge in [0.2, 0.25) is 5.78 Å². The van der Waals surface area contributed by atoms with E-state index in [2.05, 4.69) is 10.3 Å². The van der Waals surface area contributed by atoms with E-state index in [-0.39, 0.29) is 5.78 Å². The molecule has 5 heteroatoms. The summed E-state index contributed by atoms with van der Waals surface area (Å²) in [5.74, 6) is -0.543. The second-order valence-corrected chi connectivity index (χ2v) is 6.37. The summed E-state index contributed by atoms with van der Waals surface area (Å²) in [6, 6.07) is 13.5. The topological polar surface area (TPSA) is 71.2 Å². The molecule has 0 aliphatic carbocycles. The van der Waals surface area contributed by atoms with Gasteiger partial charge in [-0.1, -0.05) is 36.4 Å². The second kappa shape index (κ2) is 7.04. The fourth-order valence-electron chi connectivity index (χ4n) is 3.27. The van der Waals surface area contributed by atoms with Crippen LogP contribution in [0.15, 0.2) is 42.5 Å². The highest BCUT2D eigenvalue weighted by Gasteiger charge is 2.25. The Morgan fingerprint density at radius 3 is 2.50 bits per heavy atom. The van der Waals surface area contributed by atoms with Crippen LogP contribution >= 0.6 is 0 Å². The third-order valence-corrected chi connectivity index (χ3v) is 4.63. The molecule has 134 valence electrons. The molecule has 0 amide bonds. The zero-order chi connectivity index (χ0) is 18.8. The van der Waals surface area contributed by atoms with Crippen molar-refractivity contribution in [1.82, 2.24) is 4.98 Å². The standard InChI is InChI=1S/C21H22N2O3/c1-12-18(21(25)26-4)13(2)23-19(12)20(24)14(3)22-17-11-7-9-15-8-5-6-10-16(15)17/h5-11,14,22-23H,1-4H3/t14-/m1/s1. The van der Waals surface area contributed by atoms with E-state index >= 15 is 0 Å². The van der Waals surface area contributed by atoms with E-state index in [4.69, 9.17) is 4.74 Å². The second-order valence-electron chi connectivity index (χ2n) is 6.37. The molecule has 0 aliphatic heterocycles. The molecule has 26 heavy (non-hydrogen) atoms. The van der Waals surface area contributed by atoms with Gasteiger partial charge in [-0.2, -0.15) is 0 Å². The van der Waals surface area contributed by atoms with E-state index in [0.29, 0.717) is 22.5 Å². The molecule has 1 aromatic heterocycles.